The van der Waals surface area contributed by atoms with Gasteiger partial charge in [0, 0.05) is 37.5 Å². The van der Waals surface area contributed by atoms with Crippen LogP contribution >= 0.6 is 0 Å². The predicted molar refractivity (Wildman–Crippen MR) is 78.2 cm³/mol. The molecule has 2 heterocycles. The fourth-order valence-electron chi connectivity index (χ4n) is 2.27. The number of aromatic amines is 1. The molecule has 116 valence electrons. The van der Waals surface area contributed by atoms with Crippen LogP contribution in [0.2, 0.25) is 0 Å². The quantitative estimate of drug-likeness (QED) is 0.660. The predicted octanol–water partition coefficient (Wildman–Crippen LogP) is 0.989. The first kappa shape index (κ1) is 15.7. The number of furan rings is 1. The molecule has 2 aromatic rings. The molecule has 0 spiro atoms. The summed E-state index contributed by atoms with van der Waals surface area (Å²) in [5.41, 5.74) is 6.15. The Morgan fingerprint density at radius 1 is 1.38 bits per heavy atom. The zero-order chi connectivity index (χ0) is 15.5. The van der Waals surface area contributed by atoms with Gasteiger partial charge in [-0.1, -0.05) is 0 Å². The maximum absolute atomic E-state index is 12.4. The van der Waals surface area contributed by atoms with Gasteiger partial charge in [-0.25, -0.2) is 18.1 Å². The van der Waals surface area contributed by atoms with E-state index in [1.807, 2.05) is 0 Å². The lowest BCUT2D eigenvalue weighted by Crippen LogP contribution is -2.26. The van der Waals surface area contributed by atoms with Crippen LogP contribution in [0.4, 0.5) is 0 Å². The molecule has 0 saturated carbocycles. The Kier molecular flexibility index (Phi) is 4.81. The topological polar surface area (TPSA) is 114 Å². The van der Waals surface area contributed by atoms with Crippen molar-refractivity contribution in [3.63, 3.8) is 0 Å². The Bertz CT molecular complexity index is 689. The van der Waals surface area contributed by atoms with E-state index < -0.39 is 10.0 Å². The molecule has 0 aliphatic heterocycles. The van der Waals surface area contributed by atoms with Gasteiger partial charge in [-0.05, 0) is 20.3 Å². The number of nitrogens with two attached hydrogens (primary N) is 1. The van der Waals surface area contributed by atoms with Crippen molar-refractivity contribution in [2.75, 3.05) is 6.54 Å². The standard InChI is InChI=1S/C13H20N4O3S/c1-9-11(8-14)13(10(2)20-9)21(18,19)17-5-3-4-12-15-6-7-16-12/h6-7,17H,3-5,8,14H2,1-2H3,(H,15,16). The summed E-state index contributed by atoms with van der Waals surface area (Å²) in [5, 5.41) is 0. The molecule has 0 atom stereocenters. The van der Waals surface area contributed by atoms with Crippen molar-refractivity contribution < 1.29 is 12.8 Å². The molecule has 7 nitrogen and oxygen atoms in total. The molecule has 0 fully saturated rings. The number of H-pyrrole nitrogens is 1. The highest BCUT2D eigenvalue weighted by Crippen LogP contribution is 2.25. The Morgan fingerprint density at radius 2 is 2.14 bits per heavy atom. The monoisotopic (exact) mass is 312 g/mol. The highest BCUT2D eigenvalue weighted by Gasteiger charge is 2.25. The maximum Gasteiger partial charge on any atom is 0.244 e. The van der Waals surface area contributed by atoms with E-state index in [1.54, 1.807) is 26.2 Å². The lowest BCUT2D eigenvalue weighted by molar-refractivity contribution is 0.494. The summed E-state index contributed by atoms with van der Waals surface area (Å²) in [6.07, 6.45) is 4.75. The Balaban J connectivity index is 2.02. The van der Waals surface area contributed by atoms with Crippen LogP contribution in [0.1, 0.15) is 29.3 Å². The third kappa shape index (κ3) is 3.52. The van der Waals surface area contributed by atoms with Gasteiger partial charge in [0.15, 0.2) is 0 Å². The van der Waals surface area contributed by atoms with Gasteiger partial charge in [0.1, 0.15) is 22.2 Å². The lowest BCUT2D eigenvalue weighted by Gasteiger charge is -2.07. The summed E-state index contributed by atoms with van der Waals surface area (Å²) in [7, 11) is -3.61. The van der Waals surface area contributed by atoms with Crippen LogP contribution in [0.5, 0.6) is 0 Å². The van der Waals surface area contributed by atoms with Crippen LogP contribution in [-0.2, 0) is 23.0 Å². The van der Waals surface area contributed by atoms with E-state index >= 15 is 0 Å². The smallest absolute Gasteiger partial charge is 0.244 e. The molecule has 0 radical (unpaired) electrons. The molecule has 0 unspecified atom stereocenters. The van der Waals surface area contributed by atoms with Crippen molar-refractivity contribution in [2.45, 2.75) is 38.1 Å². The number of hydrogen-bond acceptors (Lipinski definition) is 5. The lowest BCUT2D eigenvalue weighted by atomic mass is 10.2. The number of aromatic nitrogens is 2. The van der Waals surface area contributed by atoms with Gasteiger partial charge in [0.2, 0.25) is 10.0 Å². The highest BCUT2D eigenvalue weighted by atomic mass is 32.2. The van der Waals surface area contributed by atoms with Crippen LogP contribution in [0.3, 0.4) is 0 Å². The van der Waals surface area contributed by atoms with Crippen molar-refractivity contribution in [1.29, 1.82) is 0 Å². The van der Waals surface area contributed by atoms with E-state index in [4.69, 9.17) is 10.2 Å². The van der Waals surface area contributed by atoms with Crippen LogP contribution in [-0.4, -0.2) is 24.9 Å². The molecule has 0 bridgehead atoms. The molecule has 8 heteroatoms. The second kappa shape index (κ2) is 6.42. The fourth-order valence-corrected chi connectivity index (χ4v) is 3.80. The molecule has 2 rings (SSSR count). The first-order valence-electron chi connectivity index (χ1n) is 6.72. The fraction of sp³-hybridized carbons (Fsp3) is 0.462. The zero-order valence-corrected chi connectivity index (χ0v) is 13.0. The van der Waals surface area contributed by atoms with E-state index in [0.29, 0.717) is 36.5 Å². The summed E-state index contributed by atoms with van der Waals surface area (Å²) in [5.74, 6) is 1.75. The highest BCUT2D eigenvalue weighted by molar-refractivity contribution is 7.89. The summed E-state index contributed by atoms with van der Waals surface area (Å²) < 4.78 is 32.7. The molecular formula is C13H20N4O3S. The third-order valence-electron chi connectivity index (χ3n) is 3.24. The summed E-state index contributed by atoms with van der Waals surface area (Å²) >= 11 is 0. The minimum atomic E-state index is -3.61. The molecule has 0 aliphatic rings. The molecular weight excluding hydrogens is 292 g/mol. The van der Waals surface area contributed by atoms with E-state index in [1.165, 1.54) is 0 Å². The minimum Gasteiger partial charge on any atom is -0.465 e. The normalized spacial score (nSPS) is 12.0. The van der Waals surface area contributed by atoms with Crippen LogP contribution in [0, 0.1) is 13.8 Å². The maximum atomic E-state index is 12.4. The second-order valence-corrected chi connectivity index (χ2v) is 6.47. The number of imidazole rings is 1. The van der Waals surface area contributed by atoms with Crippen LogP contribution < -0.4 is 10.5 Å². The van der Waals surface area contributed by atoms with E-state index in [0.717, 1.165) is 5.82 Å². The van der Waals surface area contributed by atoms with Crippen LogP contribution in [0.15, 0.2) is 21.7 Å². The van der Waals surface area contributed by atoms with Gasteiger partial charge in [-0.15, -0.1) is 0 Å². The number of rotatable bonds is 7. The van der Waals surface area contributed by atoms with Gasteiger partial charge in [0.05, 0.1) is 0 Å². The van der Waals surface area contributed by atoms with Crippen molar-refractivity contribution in [1.82, 2.24) is 14.7 Å². The Morgan fingerprint density at radius 3 is 2.76 bits per heavy atom. The van der Waals surface area contributed by atoms with Gasteiger partial charge in [-0.2, -0.15) is 0 Å². The Labute approximate surface area is 124 Å². The molecule has 0 saturated heterocycles. The van der Waals surface area contributed by atoms with E-state index in [2.05, 4.69) is 14.7 Å². The first-order chi connectivity index (χ1) is 9.95. The van der Waals surface area contributed by atoms with Gasteiger partial charge in [-0.3, -0.25) is 0 Å². The average Bonchev–Trinajstić information content (AvgIpc) is 3.02. The van der Waals surface area contributed by atoms with Gasteiger partial charge >= 0.3 is 0 Å². The molecule has 21 heavy (non-hydrogen) atoms. The molecule has 4 N–H and O–H groups in total. The largest absolute Gasteiger partial charge is 0.465 e. The molecule has 0 aliphatic carbocycles. The van der Waals surface area contributed by atoms with Gasteiger partial charge < -0.3 is 15.1 Å². The number of sulfonamides is 1. The summed E-state index contributed by atoms with van der Waals surface area (Å²) in [4.78, 5) is 7.23. The average molecular weight is 312 g/mol. The third-order valence-corrected chi connectivity index (χ3v) is 4.89. The van der Waals surface area contributed by atoms with Gasteiger partial charge in [0.25, 0.3) is 0 Å². The number of nitrogens with zero attached hydrogens (tertiary/aromatic N) is 1. The SMILES string of the molecule is Cc1oc(C)c(S(=O)(=O)NCCCc2ncc[nH]2)c1CN. The van der Waals surface area contributed by atoms with E-state index in [-0.39, 0.29) is 11.4 Å². The van der Waals surface area contributed by atoms with Crippen molar-refractivity contribution in [3.8, 4) is 0 Å². The Hall–Kier alpha value is -1.64. The van der Waals surface area contributed by atoms with Crippen molar-refractivity contribution in [2.24, 2.45) is 5.73 Å². The second-order valence-electron chi connectivity index (χ2n) is 4.76. The molecule has 0 aromatic carbocycles. The number of nitrogens with one attached hydrogen (secondary N) is 2. The summed E-state index contributed by atoms with van der Waals surface area (Å²) in [6.45, 7) is 3.80. The summed E-state index contributed by atoms with van der Waals surface area (Å²) in [6, 6.07) is 0. The van der Waals surface area contributed by atoms with Crippen molar-refractivity contribution in [3.05, 3.63) is 35.3 Å². The first-order valence-corrected chi connectivity index (χ1v) is 8.21. The molecule has 0 amide bonds. The van der Waals surface area contributed by atoms with Crippen LogP contribution in [0.25, 0.3) is 0 Å². The molecule has 2 aromatic heterocycles. The number of hydrogen-bond donors (Lipinski definition) is 3. The van der Waals surface area contributed by atoms with Crippen molar-refractivity contribution >= 4 is 10.0 Å². The number of aryl methyl sites for hydroxylation is 3. The minimum absolute atomic E-state index is 0.131. The van der Waals surface area contributed by atoms with E-state index in [9.17, 15) is 8.42 Å². The zero-order valence-electron chi connectivity index (χ0n) is 12.1.